The van der Waals surface area contributed by atoms with Crippen LogP contribution in [0.25, 0.3) is 16.7 Å². The number of para-hydroxylation sites is 1. The predicted molar refractivity (Wildman–Crippen MR) is 152 cm³/mol. The number of amides is 1. The first-order chi connectivity index (χ1) is 18.3. The molecule has 1 aliphatic heterocycles. The Morgan fingerprint density at radius 1 is 0.974 bits per heavy atom. The van der Waals surface area contributed by atoms with E-state index in [0.29, 0.717) is 5.56 Å². The molecule has 0 aliphatic carbocycles. The Labute approximate surface area is 223 Å². The zero-order valence-electron chi connectivity index (χ0n) is 22.3. The van der Waals surface area contributed by atoms with Crippen LogP contribution in [0.4, 0.5) is 5.69 Å². The molecule has 1 amide bonds. The number of anilines is 1. The molecule has 1 saturated heterocycles. The van der Waals surface area contributed by atoms with E-state index in [1.165, 1.54) is 0 Å². The van der Waals surface area contributed by atoms with Crippen molar-refractivity contribution in [3.8, 4) is 0 Å². The molecule has 1 atom stereocenters. The number of aliphatic hydroxyl groups is 1. The van der Waals surface area contributed by atoms with Crippen molar-refractivity contribution < 1.29 is 14.7 Å². The van der Waals surface area contributed by atoms with Crippen molar-refractivity contribution in [2.24, 2.45) is 0 Å². The Bertz CT molecular complexity index is 1540. The molecule has 2 N–H and O–H groups in total. The van der Waals surface area contributed by atoms with Crippen LogP contribution in [-0.4, -0.2) is 39.8 Å². The van der Waals surface area contributed by atoms with Crippen LogP contribution in [0.5, 0.6) is 0 Å². The highest BCUT2D eigenvalue weighted by atomic mass is 16.3. The highest BCUT2D eigenvalue weighted by molar-refractivity contribution is 6.46. The molecule has 1 aliphatic rings. The third kappa shape index (κ3) is 4.36. The first kappa shape index (κ1) is 25.3. The van der Waals surface area contributed by atoms with Gasteiger partial charge in [-0.25, -0.2) is 0 Å². The maximum atomic E-state index is 13.6. The first-order valence-electron chi connectivity index (χ1n) is 13.1. The van der Waals surface area contributed by atoms with Gasteiger partial charge >= 0.3 is 0 Å². The fourth-order valence-corrected chi connectivity index (χ4v) is 5.41. The van der Waals surface area contributed by atoms with Crippen molar-refractivity contribution in [3.63, 3.8) is 0 Å². The third-order valence-electron chi connectivity index (χ3n) is 7.57. The molecule has 0 spiro atoms. The van der Waals surface area contributed by atoms with Gasteiger partial charge in [-0.1, -0.05) is 54.1 Å². The van der Waals surface area contributed by atoms with E-state index >= 15 is 0 Å². The van der Waals surface area contributed by atoms with Crippen LogP contribution in [0.1, 0.15) is 47.7 Å². The molecule has 1 aromatic heterocycles. The molecule has 194 valence electrons. The van der Waals surface area contributed by atoms with Crippen molar-refractivity contribution >= 4 is 34.0 Å². The molecule has 5 rings (SSSR count). The fraction of sp³-hybridized carbons (Fsp3) is 0.250. The quantitative estimate of drug-likeness (QED) is 0.176. The topological polar surface area (TPSA) is 76.6 Å². The van der Waals surface area contributed by atoms with Crippen LogP contribution in [-0.2, 0) is 16.1 Å². The van der Waals surface area contributed by atoms with Gasteiger partial charge in [-0.05, 0) is 62.6 Å². The summed E-state index contributed by atoms with van der Waals surface area (Å²) in [7, 11) is 0. The number of Topliss-reactive ketones (excluding diaryl/α,β-unsaturated/α-hetero) is 1. The van der Waals surface area contributed by atoms with Gasteiger partial charge in [-0.3, -0.25) is 9.59 Å². The van der Waals surface area contributed by atoms with Gasteiger partial charge in [0.2, 0.25) is 0 Å². The summed E-state index contributed by atoms with van der Waals surface area (Å²) in [5.41, 5.74) is 6.43. The summed E-state index contributed by atoms with van der Waals surface area (Å²) in [4.78, 5) is 34.1. The minimum atomic E-state index is -0.714. The van der Waals surface area contributed by atoms with Crippen LogP contribution in [0.15, 0.2) is 78.5 Å². The second-order valence-electron chi connectivity index (χ2n) is 9.87. The number of hydrogen-bond acceptors (Lipinski definition) is 4. The van der Waals surface area contributed by atoms with Gasteiger partial charge in [0.05, 0.1) is 11.6 Å². The molecule has 1 fully saturated rings. The lowest BCUT2D eigenvalue weighted by Gasteiger charge is -2.27. The van der Waals surface area contributed by atoms with Crippen molar-refractivity contribution in [3.05, 3.63) is 106 Å². The number of carbonyl (C=O) groups is 2. The number of benzene rings is 3. The molecular weight excluding hydrogens is 474 g/mol. The maximum Gasteiger partial charge on any atom is 0.295 e. The second-order valence-corrected chi connectivity index (χ2v) is 9.87. The average molecular weight is 508 g/mol. The number of aryl methyl sites for hydroxylation is 2. The average Bonchev–Trinajstić information content (AvgIpc) is 3.46. The molecule has 6 heteroatoms. The number of aromatic nitrogens is 1. The summed E-state index contributed by atoms with van der Waals surface area (Å²) in [6.07, 6.45) is 1.69. The first-order valence-corrected chi connectivity index (χ1v) is 13.1. The number of nitrogens with zero attached hydrogens (tertiary/aromatic N) is 2. The van der Waals surface area contributed by atoms with E-state index in [2.05, 4.69) is 29.8 Å². The molecule has 4 aromatic rings. The number of likely N-dealkylation sites (tertiary alicyclic amines) is 1. The Hall–Kier alpha value is -4.32. The monoisotopic (exact) mass is 507 g/mol. The predicted octanol–water partition coefficient (Wildman–Crippen LogP) is 6.25. The number of fused-ring (bicyclic) bond motifs is 1. The van der Waals surface area contributed by atoms with Crippen molar-refractivity contribution in [1.29, 1.82) is 0 Å². The number of H-pyrrole nitrogens is 1. The summed E-state index contributed by atoms with van der Waals surface area (Å²) in [5, 5.41) is 12.4. The highest BCUT2D eigenvalue weighted by Gasteiger charge is 2.46. The van der Waals surface area contributed by atoms with E-state index in [0.717, 1.165) is 51.9 Å². The van der Waals surface area contributed by atoms with E-state index in [9.17, 15) is 14.7 Å². The molecule has 38 heavy (non-hydrogen) atoms. The maximum absolute atomic E-state index is 13.6. The van der Waals surface area contributed by atoms with Crippen LogP contribution < -0.4 is 4.90 Å². The van der Waals surface area contributed by atoms with Crippen molar-refractivity contribution in [1.82, 2.24) is 9.88 Å². The normalized spacial score (nSPS) is 16.9. The van der Waals surface area contributed by atoms with Crippen LogP contribution in [0.3, 0.4) is 0 Å². The SMILES string of the molecule is CCN(CC)c1ccc(C2/C(=C(/O)c3c[nH]c4ccccc34)C(=O)C(=O)N2Cc2cc(C)ccc2C)cc1. The van der Waals surface area contributed by atoms with Crippen molar-refractivity contribution in [2.75, 3.05) is 18.0 Å². The van der Waals surface area contributed by atoms with Gasteiger partial charge < -0.3 is 19.9 Å². The molecule has 0 saturated carbocycles. The van der Waals surface area contributed by atoms with Crippen LogP contribution in [0, 0.1) is 13.8 Å². The minimum Gasteiger partial charge on any atom is -0.507 e. The number of aromatic amines is 1. The van der Waals surface area contributed by atoms with Crippen LogP contribution >= 0.6 is 0 Å². The van der Waals surface area contributed by atoms with E-state index in [-0.39, 0.29) is 17.9 Å². The van der Waals surface area contributed by atoms with Gasteiger partial charge in [0, 0.05) is 48.0 Å². The van der Waals surface area contributed by atoms with Gasteiger partial charge in [0.25, 0.3) is 11.7 Å². The van der Waals surface area contributed by atoms with E-state index in [1.807, 2.05) is 74.5 Å². The molecule has 0 bridgehead atoms. The van der Waals surface area contributed by atoms with E-state index in [1.54, 1.807) is 11.1 Å². The Morgan fingerprint density at radius 2 is 1.68 bits per heavy atom. The zero-order chi connectivity index (χ0) is 27.0. The summed E-state index contributed by atoms with van der Waals surface area (Å²) < 4.78 is 0. The minimum absolute atomic E-state index is 0.112. The smallest absolute Gasteiger partial charge is 0.295 e. The molecule has 2 heterocycles. The van der Waals surface area contributed by atoms with E-state index < -0.39 is 17.7 Å². The number of rotatable bonds is 7. The second kappa shape index (κ2) is 10.2. The summed E-state index contributed by atoms with van der Waals surface area (Å²) in [6.45, 7) is 10.3. The van der Waals surface area contributed by atoms with Gasteiger partial charge in [-0.2, -0.15) is 0 Å². The van der Waals surface area contributed by atoms with E-state index in [4.69, 9.17) is 0 Å². The molecule has 0 radical (unpaired) electrons. The molecule has 6 nitrogen and oxygen atoms in total. The number of ketones is 1. The summed E-state index contributed by atoms with van der Waals surface area (Å²) >= 11 is 0. The lowest BCUT2D eigenvalue weighted by Crippen LogP contribution is -2.29. The van der Waals surface area contributed by atoms with Crippen LogP contribution in [0.2, 0.25) is 0 Å². The standard InChI is InChI=1S/C32H33N3O3/c1-5-34(6-2)24-15-13-22(14-16-24)29-28(30(36)26-18-33-27-10-8-7-9-25(26)27)31(37)32(38)35(29)19-23-17-20(3)11-12-21(23)4/h7-18,29,33,36H,5-6,19H2,1-4H3/b30-28-. The molecule has 3 aromatic carbocycles. The van der Waals surface area contributed by atoms with Gasteiger partial charge in [0.1, 0.15) is 5.76 Å². The highest BCUT2D eigenvalue weighted by Crippen LogP contribution is 2.42. The summed E-state index contributed by atoms with van der Waals surface area (Å²) in [5.74, 6) is -1.44. The number of hydrogen-bond donors (Lipinski definition) is 2. The zero-order valence-corrected chi connectivity index (χ0v) is 22.3. The number of carbonyl (C=O) groups excluding carboxylic acids is 2. The summed E-state index contributed by atoms with van der Waals surface area (Å²) in [6, 6.07) is 21.0. The van der Waals surface area contributed by atoms with Crippen molar-refractivity contribution in [2.45, 2.75) is 40.3 Å². The Kier molecular flexibility index (Phi) is 6.81. The number of nitrogens with one attached hydrogen (secondary N) is 1. The lowest BCUT2D eigenvalue weighted by atomic mass is 9.94. The number of aliphatic hydroxyl groups excluding tert-OH is 1. The largest absolute Gasteiger partial charge is 0.507 e. The fourth-order valence-electron chi connectivity index (χ4n) is 5.41. The van der Waals surface area contributed by atoms with Gasteiger partial charge in [-0.15, -0.1) is 0 Å². The third-order valence-corrected chi connectivity index (χ3v) is 7.57. The Morgan fingerprint density at radius 3 is 2.39 bits per heavy atom. The molecular formula is C32H33N3O3. The molecule has 1 unspecified atom stereocenters. The lowest BCUT2D eigenvalue weighted by molar-refractivity contribution is -0.140. The Balaban J connectivity index is 1.67. The van der Waals surface area contributed by atoms with Gasteiger partial charge in [0.15, 0.2) is 0 Å².